The van der Waals surface area contributed by atoms with Crippen LogP contribution in [-0.4, -0.2) is 68.2 Å². The van der Waals surface area contributed by atoms with Gasteiger partial charge in [-0.2, -0.15) is 0 Å². The third-order valence-corrected chi connectivity index (χ3v) is 7.18. The third-order valence-electron chi connectivity index (χ3n) is 6.85. The number of carbonyl (C=O) groups is 1. The number of rotatable bonds is 5. The van der Waals surface area contributed by atoms with Gasteiger partial charge in [0.1, 0.15) is 0 Å². The van der Waals surface area contributed by atoms with Gasteiger partial charge in [0.05, 0.1) is 31.9 Å². The van der Waals surface area contributed by atoms with Gasteiger partial charge in [0.2, 0.25) is 0 Å². The maximum Gasteiger partial charge on any atom is 0.320 e. The average Bonchev–Trinajstić information content (AvgIpc) is 2.91. The van der Waals surface area contributed by atoms with Crippen LogP contribution in [0.1, 0.15) is 36.0 Å². The van der Waals surface area contributed by atoms with Gasteiger partial charge in [-0.15, -0.1) is 0 Å². The van der Waals surface area contributed by atoms with Crippen molar-refractivity contribution >= 4 is 29.2 Å². The van der Waals surface area contributed by atoms with Crippen LogP contribution in [0, 0.1) is 5.92 Å². The molecule has 2 atom stereocenters. The smallest absolute Gasteiger partial charge is 0.320 e. The second kappa shape index (κ2) is 11.7. The van der Waals surface area contributed by atoms with Crippen molar-refractivity contribution < 1.29 is 14.3 Å². The highest BCUT2D eigenvalue weighted by atomic mass is 35.5. The number of hydrogen-bond acceptors (Lipinski definition) is 4. The normalized spacial score (nSPS) is 21.1. The number of piperidine rings is 1. The van der Waals surface area contributed by atoms with Gasteiger partial charge in [-0.1, -0.05) is 67.6 Å². The molecule has 0 saturated carbocycles. The fraction of sp³-hybridized carbons (Fsp3) is 0.429. The van der Waals surface area contributed by atoms with Crippen LogP contribution in [0.15, 0.2) is 60.1 Å². The van der Waals surface area contributed by atoms with Gasteiger partial charge in [0, 0.05) is 42.7 Å². The molecule has 2 unspecified atom stereocenters. The van der Waals surface area contributed by atoms with Gasteiger partial charge < -0.3 is 19.3 Å². The number of halogens is 1. The highest BCUT2D eigenvalue weighted by Gasteiger charge is 2.36. The largest absolute Gasteiger partial charge is 0.484 e. The van der Waals surface area contributed by atoms with E-state index in [-0.39, 0.29) is 17.9 Å². The molecule has 2 aliphatic rings. The fourth-order valence-electron chi connectivity index (χ4n) is 4.85. The number of urea groups is 1. The van der Waals surface area contributed by atoms with E-state index in [0.29, 0.717) is 56.0 Å². The Hall–Kier alpha value is -2.83. The van der Waals surface area contributed by atoms with Gasteiger partial charge in [0.25, 0.3) is 0 Å². The summed E-state index contributed by atoms with van der Waals surface area (Å²) in [5, 5.41) is 0.596. The van der Waals surface area contributed by atoms with E-state index >= 15 is 0 Å². The van der Waals surface area contributed by atoms with Crippen molar-refractivity contribution in [2.45, 2.75) is 25.7 Å². The Morgan fingerprint density at radius 1 is 1.11 bits per heavy atom. The Morgan fingerprint density at radius 3 is 2.49 bits per heavy atom. The highest BCUT2D eigenvalue weighted by molar-refractivity contribution is 6.32. The zero-order valence-electron chi connectivity index (χ0n) is 20.6. The van der Waals surface area contributed by atoms with Gasteiger partial charge in [-0.25, -0.2) is 9.79 Å². The molecule has 0 bridgehead atoms. The zero-order chi connectivity index (χ0) is 24.8. The monoisotopic (exact) mass is 495 g/mol. The molecule has 2 heterocycles. The minimum Gasteiger partial charge on any atom is -0.484 e. The quantitative estimate of drug-likeness (QED) is 0.408. The van der Waals surface area contributed by atoms with Crippen LogP contribution in [0.4, 0.5) is 4.79 Å². The molecule has 0 aliphatic carbocycles. The van der Waals surface area contributed by atoms with E-state index in [9.17, 15) is 4.79 Å². The van der Waals surface area contributed by atoms with Gasteiger partial charge >= 0.3 is 6.03 Å². The number of ether oxygens (including phenoxy) is 2. The number of hydrogen-bond donors (Lipinski definition) is 0. The second-order valence-electron chi connectivity index (χ2n) is 9.09. The molecule has 0 radical (unpaired) electrons. The van der Waals surface area contributed by atoms with E-state index in [0.717, 1.165) is 18.4 Å². The predicted molar refractivity (Wildman–Crippen MR) is 141 cm³/mol. The number of carbonyl (C=O) groups excluding carboxylic acids is 1. The standard InChI is InChI=1S/C28H34ClN3O3/c1-4-21-9-11-22(12-10-21)23-17-24(19-32(18-23)28(33)31-13-15-35-16-14-31)27(34-3)30-20(2)25-7-5-6-8-26(25)29/h5-12,23-24H,2,4,13-19H2,1,3H3/b30-27-. The van der Waals surface area contributed by atoms with E-state index in [1.165, 1.54) is 11.1 Å². The Morgan fingerprint density at radius 2 is 1.83 bits per heavy atom. The molecule has 35 heavy (non-hydrogen) atoms. The summed E-state index contributed by atoms with van der Waals surface area (Å²) in [6.45, 7) is 9.89. The van der Waals surface area contributed by atoms with Crippen LogP contribution >= 0.6 is 11.6 Å². The first-order valence-corrected chi connectivity index (χ1v) is 12.6. The maximum atomic E-state index is 13.5. The lowest BCUT2D eigenvalue weighted by molar-refractivity contribution is 0.0391. The summed E-state index contributed by atoms with van der Waals surface area (Å²) >= 11 is 6.37. The van der Waals surface area contributed by atoms with Crippen molar-refractivity contribution in [3.63, 3.8) is 0 Å². The Labute approximate surface area is 213 Å². The zero-order valence-corrected chi connectivity index (χ0v) is 21.3. The summed E-state index contributed by atoms with van der Waals surface area (Å²) < 4.78 is 11.2. The number of nitrogens with zero attached hydrogens (tertiary/aromatic N) is 3. The summed E-state index contributed by atoms with van der Waals surface area (Å²) in [5.41, 5.74) is 3.85. The Balaban J connectivity index is 1.61. The van der Waals surface area contributed by atoms with Crippen LogP contribution in [-0.2, 0) is 15.9 Å². The van der Waals surface area contributed by atoms with Crippen LogP contribution in [0.25, 0.3) is 5.70 Å². The number of benzene rings is 2. The molecule has 0 spiro atoms. The highest BCUT2D eigenvalue weighted by Crippen LogP contribution is 2.33. The molecule has 2 aliphatic heterocycles. The van der Waals surface area contributed by atoms with Crippen molar-refractivity contribution in [1.29, 1.82) is 0 Å². The number of aliphatic imine (C=N–C) groups is 1. The fourth-order valence-corrected chi connectivity index (χ4v) is 5.09. The average molecular weight is 496 g/mol. The number of aryl methyl sites for hydroxylation is 1. The molecule has 2 amide bonds. The van der Waals surface area contributed by atoms with Crippen molar-refractivity contribution in [1.82, 2.24) is 9.80 Å². The minimum absolute atomic E-state index is 0.0496. The van der Waals surface area contributed by atoms with E-state index in [1.54, 1.807) is 7.11 Å². The Kier molecular flexibility index (Phi) is 8.47. The predicted octanol–water partition coefficient (Wildman–Crippen LogP) is 5.48. The van der Waals surface area contributed by atoms with E-state index in [4.69, 9.17) is 26.1 Å². The third kappa shape index (κ3) is 6.06. The number of morpholine rings is 1. The van der Waals surface area contributed by atoms with E-state index < -0.39 is 0 Å². The molecule has 2 aromatic carbocycles. The molecule has 186 valence electrons. The number of likely N-dealkylation sites (tertiary alicyclic amines) is 1. The summed E-state index contributed by atoms with van der Waals surface area (Å²) in [7, 11) is 1.63. The number of methoxy groups -OCH3 is 1. The first-order valence-electron chi connectivity index (χ1n) is 12.3. The topological polar surface area (TPSA) is 54.4 Å². The van der Waals surface area contributed by atoms with Crippen molar-refractivity contribution in [2.75, 3.05) is 46.5 Å². The molecular formula is C28H34ClN3O3. The lowest BCUT2D eigenvalue weighted by Crippen LogP contribution is -2.53. The summed E-state index contributed by atoms with van der Waals surface area (Å²) in [4.78, 5) is 22.0. The summed E-state index contributed by atoms with van der Waals surface area (Å²) in [5.74, 6) is 0.692. The van der Waals surface area contributed by atoms with E-state index in [2.05, 4.69) is 37.8 Å². The van der Waals surface area contributed by atoms with Crippen LogP contribution in [0.2, 0.25) is 5.02 Å². The molecule has 4 rings (SSSR count). The molecule has 2 fully saturated rings. The first-order chi connectivity index (χ1) is 17.0. The summed E-state index contributed by atoms with van der Waals surface area (Å²) in [6, 6.07) is 16.3. The lowest BCUT2D eigenvalue weighted by atomic mass is 9.84. The SMILES string of the molecule is C=C(/N=C(\OC)C1CC(c2ccc(CC)cc2)CN(C(=O)N2CCOCC2)C1)c1ccccc1Cl. The van der Waals surface area contributed by atoms with E-state index in [1.807, 2.05) is 34.1 Å². The maximum absolute atomic E-state index is 13.5. The van der Waals surface area contributed by atoms with Crippen LogP contribution in [0.3, 0.4) is 0 Å². The molecule has 2 saturated heterocycles. The number of amides is 2. The molecule has 0 aromatic heterocycles. The molecular weight excluding hydrogens is 462 g/mol. The second-order valence-corrected chi connectivity index (χ2v) is 9.50. The van der Waals surface area contributed by atoms with Crippen molar-refractivity contribution in [3.8, 4) is 0 Å². The molecule has 7 heteroatoms. The first kappa shape index (κ1) is 25.3. The molecule has 2 aromatic rings. The molecule has 0 N–H and O–H groups in total. The van der Waals surface area contributed by atoms with Gasteiger partial charge in [-0.3, -0.25) is 0 Å². The minimum atomic E-state index is -0.0613. The summed E-state index contributed by atoms with van der Waals surface area (Å²) in [6.07, 6.45) is 1.83. The Bertz CT molecular complexity index is 1060. The molecule has 6 nitrogen and oxygen atoms in total. The lowest BCUT2D eigenvalue weighted by Gasteiger charge is -2.41. The van der Waals surface area contributed by atoms with Gasteiger partial charge in [-0.05, 0) is 30.0 Å². The van der Waals surface area contributed by atoms with Crippen molar-refractivity contribution in [3.05, 3.63) is 76.8 Å². The van der Waals surface area contributed by atoms with Crippen LogP contribution in [0.5, 0.6) is 0 Å². The van der Waals surface area contributed by atoms with Crippen LogP contribution < -0.4 is 0 Å². The van der Waals surface area contributed by atoms with Crippen molar-refractivity contribution in [2.24, 2.45) is 10.9 Å². The van der Waals surface area contributed by atoms with Gasteiger partial charge in [0.15, 0.2) is 5.90 Å².